The van der Waals surface area contributed by atoms with Crippen LogP contribution in [0.3, 0.4) is 0 Å². The standard InChI is InChI=1S/C13H8BrNO5/c14-9-5-10(15(18)19)7-12(6-9)20-11-3-1-8(2-4-11)13(16)17/h1-7H,(H,16,17). The number of hydrogen-bond acceptors (Lipinski definition) is 4. The van der Waals surface area contributed by atoms with Crippen molar-refractivity contribution in [1.82, 2.24) is 0 Å². The summed E-state index contributed by atoms with van der Waals surface area (Å²) in [6.07, 6.45) is 0. The van der Waals surface area contributed by atoms with Crippen LogP contribution in [-0.4, -0.2) is 16.0 Å². The van der Waals surface area contributed by atoms with Crippen molar-refractivity contribution in [3.63, 3.8) is 0 Å². The first-order valence-corrected chi connectivity index (χ1v) is 6.21. The van der Waals surface area contributed by atoms with Crippen molar-refractivity contribution < 1.29 is 19.6 Å². The topological polar surface area (TPSA) is 89.7 Å². The number of ether oxygens (including phenoxy) is 1. The van der Waals surface area contributed by atoms with Gasteiger partial charge in [-0.05, 0) is 30.3 Å². The third-order valence-corrected chi connectivity index (χ3v) is 2.86. The van der Waals surface area contributed by atoms with E-state index >= 15 is 0 Å². The van der Waals surface area contributed by atoms with Gasteiger partial charge in [-0.2, -0.15) is 0 Å². The van der Waals surface area contributed by atoms with Gasteiger partial charge in [-0.1, -0.05) is 15.9 Å². The minimum absolute atomic E-state index is 0.100. The lowest BCUT2D eigenvalue weighted by molar-refractivity contribution is -0.385. The van der Waals surface area contributed by atoms with E-state index in [1.54, 1.807) is 6.07 Å². The van der Waals surface area contributed by atoms with Crippen molar-refractivity contribution in [2.45, 2.75) is 0 Å². The number of carboxylic acid groups (broad SMARTS) is 1. The molecule has 20 heavy (non-hydrogen) atoms. The molecule has 0 atom stereocenters. The number of benzene rings is 2. The van der Waals surface area contributed by atoms with Crippen LogP contribution in [0, 0.1) is 10.1 Å². The molecule has 0 aliphatic carbocycles. The lowest BCUT2D eigenvalue weighted by Gasteiger charge is -2.06. The number of nitro benzene ring substituents is 1. The number of aromatic carboxylic acids is 1. The highest BCUT2D eigenvalue weighted by molar-refractivity contribution is 9.10. The van der Waals surface area contributed by atoms with Crippen LogP contribution in [0.1, 0.15) is 10.4 Å². The molecular weight excluding hydrogens is 330 g/mol. The average molecular weight is 338 g/mol. The molecule has 0 saturated heterocycles. The Balaban J connectivity index is 2.25. The van der Waals surface area contributed by atoms with E-state index in [0.29, 0.717) is 10.2 Å². The molecule has 0 aliphatic heterocycles. The molecule has 0 fully saturated rings. The Bertz CT molecular complexity index is 669. The summed E-state index contributed by atoms with van der Waals surface area (Å²) in [5.41, 5.74) is 0.0362. The monoisotopic (exact) mass is 337 g/mol. The van der Waals surface area contributed by atoms with Crippen LogP contribution in [0.4, 0.5) is 5.69 Å². The minimum atomic E-state index is -1.03. The lowest BCUT2D eigenvalue weighted by atomic mass is 10.2. The Hall–Kier alpha value is -2.41. The Labute approximate surface area is 121 Å². The maximum Gasteiger partial charge on any atom is 0.335 e. The summed E-state index contributed by atoms with van der Waals surface area (Å²) >= 11 is 3.16. The number of non-ortho nitro benzene ring substituents is 1. The smallest absolute Gasteiger partial charge is 0.335 e. The first kappa shape index (κ1) is 14.0. The Morgan fingerprint density at radius 1 is 1.15 bits per heavy atom. The average Bonchev–Trinajstić information content (AvgIpc) is 2.38. The molecule has 2 rings (SSSR count). The molecule has 1 N–H and O–H groups in total. The van der Waals surface area contributed by atoms with Crippen LogP contribution in [0.5, 0.6) is 11.5 Å². The third-order valence-electron chi connectivity index (χ3n) is 2.40. The van der Waals surface area contributed by atoms with Gasteiger partial charge >= 0.3 is 5.97 Å². The Kier molecular flexibility index (Phi) is 3.99. The molecule has 102 valence electrons. The van der Waals surface area contributed by atoms with Crippen molar-refractivity contribution in [3.05, 3.63) is 62.6 Å². The molecule has 0 radical (unpaired) electrons. The quantitative estimate of drug-likeness (QED) is 0.676. The highest BCUT2D eigenvalue weighted by Gasteiger charge is 2.10. The molecular formula is C13H8BrNO5. The van der Waals surface area contributed by atoms with Crippen molar-refractivity contribution in [3.8, 4) is 11.5 Å². The van der Waals surface area contributed by atoms with E-state index in [2.05, 4.69) is 15.9 Å². The molecule has 0 saturated carbocycles. The molecule has 0 spiro atoms. The third kappa shape index (κ3) is 3.33. The van der Waals surface area contributed by atoms with Gasteiger partial charge in [0.1, 0.15) is 11.5 Å². The van der Waals surface area contributed by atoms with Crippen molar-refractivity contribution >= 4 is 27.6 Å². The lowest BCUT2D eigenvalue weighted by Crippen LogP contribution is -1.95. The normalized spacial score (nSPS) is 10.1. The van der Waals surface area contributed by atoms with Gasteiger partial charge in [0.05, 0.1) is 16.6 Å². The zero-order valence-electron chi connectivity index (χ0n) is 9.95. The van der Waals surface area contributed by atoms with Gasteiger partial charge in [0.15, 0.2) is 0 Å². The molecule has 0 amide bonds. The van der Waals surface area contributed by atoms with Crippen LogP contribution in [0.2, 0.25) is 0 Å². The van der Waals surface area contributed by atoms with Crippen LogP contribution < -0.4 is 4.74 Å². The number of nitrogens with zero attached hydrogens (tertiary/aromatic N) is 1. The fourth-order valence-electron chi connectivity index (χ4n) is 1.51. The van der Waals surface area contributed by atoms with Gasteiger partial charge < -0.3 is 9.84 Å². The molecule has 0 bridgehead atoms. The number of carbonyl (C=O) groups is 1. The maximum atomic E-state index is 10.7. The molecule has 0 aromatic heterocycles. The molecule has 0 aliphatic rings. The second kappa shape index (κ2) is 5.70. The number of carboxylic acids is 1. The van der Waals surface area contributed by atoms with E-state index in [1.165, 1.54) is 36.4 Å². The highest BCUT2D eigenvalue weighted by atomic mass is 79.9. The Morgan fingerprint density at radius 2 is 1.80 bits per heavy atom. The van der Waals surface area contributed by atoms with Gasteiger partial charge in [-0.3, -0.25) is 10.1 Å². The summed E-state index contributed by atoms with van der Waals surface area (Å²) in [6.45, 7) is 0. The summed E-state index contributed by atoms with van der Waals surface area (Å²) in [7, 11) is 0. The summed E-state index contributed by atoms with van der Waals surface area (Å²) in [4.78, 5) is 20.9. The zero-order chi connectivity index (χ0) is 14.7. The predicted molar refractivity (Wildman–Crippen MR) is 74.3 cm³/mol. The van der Waals surface area contributed by atoms with Gasteiger partial charge in [0.2, 0.25) is 0 Å². The number of hydrogen-bond donors (Lipinski definition) is 1. The van der Waals surface area contributed by atoms with Crippen molar-refractivity contribution in [2.24, 2.45) is 0 Å². The molecule has 0 heterocycles. The van der Waals surface area contributed by atoms with E-state index in [-0.39, 0.29) is 17.0 Å². The largest absolute Gasteiger partial charge is 0.478 e. The summed E-state index contributed by atoms with van der Waals surface area (Å²) in [6, 6.07) is 9.98. The van der Waals surface area contributed by atoms with Gasteiger partial charge in [0, 0.05) is 10.5 Å². The van der Waals surface area contributed by atoms with Crippen LogP contribution in [0.25, 0.3) is 0 Å². The summed E-state index contributed by atoms with van der Waals surface area (Å²) in [5, 5.41) is 19.5. The predicted octanol–water partition coefficient (Wildman–Crippen LogP) is 3.85. The minimum Gasteiger partial charge on any atom is -0.478 e. The van der Waals surface area contributed by atoms with E-state index in [4.69, 9.17) is 9.84 Å². The van der Waals surface area contributed by atoms with Gasteiger partial charge in [-0.15, -0.1) is 0 Å². The number of halogens is 1. The van der Waals surface area contributed by atoms with Crippen LogP contribution in [-0.2, 0) is 0 Å². The number of nitro groups is 1. The first-order valence-electron chi connectivity index (χ1n) is 5.42. The zero-order valence-corrected chi connectivity index (χ0v) is 11.5. The van der Waals surface area contributed by atoms with Crippen LogP contribution >= 0.6 is 15.9 Å². The molecule has 7 heteroatoms. The second-order valence-corrected chi connectivity index (χ2v) is 4.75. The highest BCUT2D eigenvalue weighted by Crippen LogP contribution is 2.29. The van der Waals surface area contributed by atoms with Crippen molar-refractivity contribution in [2.75, 3.05) is 0 Å². The number of rotatable bonds is 4. The fraction of sp³-hybridized carbons (Fsp3) is 0. The summed E-state index contributed by atoms with van der Waals surface area (Å²) < 4.78 is 5.97. The molecule has 6 nitrogen and oxygen atoms in total. The second-order valence-electron chi connectivity index (χ2n) is 3.83. The SMILES string of the molecule is O=C(O)c1ccc(Oc2cc(Br)cc([N+](=O)[O-])c2)cc1. The van der Waals surface area contributed by atoms with Gasteiger partial charge in [-0.25, -0.2) is 4.79 Å². The molecule has 2 aromatic carbocycles. The van der Waals surface area contributed by atoms with E-state index in [0.717, 1.165) is 0 Å². The van der Waals surface area contributed by atoms with Crippen molar-refractivity contribution in [1.29, 1.82) is 0 Å². The van der Waals surface area contributed by atoms with Gasteiger partial charge in [0.25, 0.3) is 5.69 Å². The fourth-order valence-corrected chi connectivity index (χ4v) is 1.97. The van der Waals surface area contributed by atoms with E-state index < -0.39 is 10.9 Å². The Morgan fingerprint density at radius 3 is 2.35 bits per heavy atom. The maximum absolute atomic E-state index is 10.7. The van der Waals surface area contributed by atoms with E-state index in [1.807, 2.05) is 0 Å². The molecule has 2 aromatic rings. The molecule has 0 unspecified atom stereocenters. The first-order chi connectivity index (χ1) is 9.45. The van der Waals surface area contributed by atoms with Crippen LogP contribution in [0.15, 0.2) is 46.9 Å². The van der Waals surface area contributed by atoms with E-state index in [9.17, 15) is 14.9 Å². The summed E-state index contributed by atoms with van der Waals surface area (Å²) in [5.74, 6) is -0.355.